The Morgan fingerprint density at radius 3 is 2.95 bits per heavy atom. The lowest BCUT2D eigenvalue weighted by atomic mass is 10.1. The zero-order valence-electron chi connectivity index (χ0n) is 12.5. The summed E-state index contributed by atoms with van der Waals surface area (Å²) >= 11 is 0. The topological polar surface area (TPSA) is 50.8 Å². The molecule has 1 aromatic rings. The molecule has 120 valence electrons. The number of benzene rings is 1. The van der Waals surface area contributed by atoms with Crippen LogP contribution in [0.1, 0.15) is 12.8 Å². The highest BCUT2D eigenvalue weighted by atomic mass is 19.1. The van der Waals surface area contributed by atoms with Crippen molar-refractivity contribution in [2.45, 2.75) is 25.0 Å². The molecule has 3 rings (SSSR count). The lowest BCUT2D eigenvalue weighted by molar-refractivity contribution is -0.125. The number of hydrogen-bond donors (Lipinski definition) is 1. The van der Waals surface area contributed by atoms with Crippen molar-refractivity contribution >= 4 is 5.91 Å². The van der Waals surface area contributed by atoms with Crippen molar-refractivity contribution in [3.63, 3.8) is 0 Å². The molecule has 5 nitrogen and oxygen atoms in total. The van der Waals surface area contributed by atoms with E-state index < -0.39 is 0 Å². The van der Waals surface area contributed by atoms with Crippen LogP contribution in [-0.2, 0) is 9.53 Å². The molecule has 2 heterocycles. The van der Waals surface area contributed by atoms with Gasteiger partial charge in [0.2, 0.25) is 5.91 Å². The molecule has 6 heteroatoms. The Hall–Kier alpha value is -1.66. The minimum absolute atomic E-state index is 0.000147. The minimum atomic E-state index is -0.352. The van der Waals surface area contributed by atoms with Crippen molar-refractivity contribution in [2.75, 3.05) is 32.8 Å². The van der Waals surface area contributed by atoms with E-state index in [0.29, 0.717) is 26.2 Å². The van der Waals surface area contributed by atoms with Crippen LogP contribution in [0.4, 0.5) is 4.39 Å². The van der Waals surface area contributed by atoms with Crippen LogP contribution in [-0.4, -0.2) is 55.8 Å². The molecule has 0 bridgehead atoms. The van der Waals surface area contributed by atoms with Crippen LogP contribution in [0.2, 0.25) is 0 Å². The maximum atomic E-state index is 13.5. The zero-order chi connectivity index (χ0) is 15.4. The molecule has 1 amide bonds. The molecule has 2 aliphatic rings. The lowest BCUT2D eigenvalue weighted by Crippen LogP contribution is -2.56. The van der Waals surface area contributed by atoms with Crippen molar-refractivity contribution in [3.05, 3.63) is 30.1 Å². The van der Waals surface area contributed by atoms with Gasteiger partial charge in [-0.3, -0.25) is 9.69 Å². The van der Waals surface area contributed by atoms with Gasteiger partial charge in [-0.2, -0.15) is 0 Å². The molecule has 0 aliphatic carbocycles. The average molecular weight is 308 g/mol. The largest absolute Gasteiger partial charge is 0.485 e. The van der Waals surface area contributed by atoms with E-state index in [1.807, 2.05) is 4.90 Å². The Labute approximate surface area is 129 Å². The molecule has 2 fully saturated rings. The van der Waals surface area contributed by atoms with E-state index in [9.17, 15) is 9.18 Å². The number of halogens is 1. The summed E-state index contributed by atoms with van der Waals surface area (Å²) in [6, 6.07) is 6.37. The number of carbonyl (C=O) groups is 1. The molecule has 1 N–H and O–H groups in total. The fourth-order valence-corrected chi connectivity index (χ4v) is 2.74. The Bertz CT molecular complexity index is 514. The lowest BCUT2D eigenvalue weighted by Gasteiger charge is -2.38. The Morgan fingerprint density at radius 2 is 2.23 bits per heavy atom. The number of carbonyl (C=O) groups excluding carboxylic acids is 1. The molecule has 0 saturated carbocycles. The maximum absolute atomic E-state index is 13.5. The number of amides is 1. The van der Waals surface area contributed by atoms with Gasteiger partial charge in [0, 0.05) is 26.2 Å². The van der Waals surface area contributed by atoms with E-state index in [1.165, 1.54) is 6.07 Å². The second-order valence-corrected chi connectivity index (χ2v) is 5.80. The molecule has 1 aromatic carbocycles. The van der Waals surface area contributed by atoms with Gasteiger partial charge in [0.25, 0.3) is 0 Å². The first kappa shape index (κ1) is 15.2. The minimum Gasteiger partial charge on any atom is -0.485 e. The molecule has 2 aliphatic heterocycles. The third kappa shape index (κ3) is 3.96. The predicted molar refractivity (Wildman–Crippen MR) is 79.2 cm³/mol. The summed E-state index contributed by atoms with van der Waals surface area (Å²) in [6.45, 7) is 3.01. The van der Waals surface area contributed by atoms with Crippen molar-refractivity contribution < 1.29 is 18.7 Å². The number of nitrogens with one attached hydrogen (secondary N) is 1. The summed E-state index contributed by atoms with van der Waals surface area (Å²) in [7, 11) is 0. The highest BCUT2D eigenvalue weighted by Crippen LogP contribution is 2.20. The van der Waals surface area contributed by atoms with E-state index in [4.69, 9.17) is 9.47 Å². The van der Waals surface area contributed by atoms with Gasteiger partial charge in [-0.05, 0) is 25.0 Å². The number of rotatable bonds is 6. The first-order valence-electron chi connectivity index (χ1n) is 7.72. The normalized spacial score (nSPS) is 22.3. The molecule has 22 heavy (non-hydrogen) atoms. The van der Waals surface area contributed by atoms with E-state index in [2.05, 4.69) is 5.32 Å². The number of hydrogen-bond acceptors (Lipinski definition) is 4. The van der Waals surface area contributed by atoms with E-state index in [1.54, 1.807) is 18.2 Å². The predicted octanol–water partition coefficient (Wildman–Crippen LogP) is 1.18. The van der Waals surface area contributed by atoms with Gasteiger partial charge < -0.3 is 14.8 Å². The van der Waals surface area contributed by atoms with Crippen LogP contribution in [0.25, 0.3) is 0 Å². The summed E-state index contributed by atoms with van der Waals surface area (Å²) in [4.78, 5) is 13.8. The molecular weight excluding hydrogens is 287 g/mol. The van der Waals surface area contributed by atoms with Crippen molar-refractivity contribution in [3.8, 4) is 5.75 Å². The Kier molecular flexibility index (Phi) is 4.90. The van der Waals surface area contributed by atoms with Crippen molar-refractivity contribution in [2.24, 2.45) is 0 Å². The first-order valence-corrected chi connectivity index (χ1v) is 7.72. The summed E-state index contributed by atoms with van der Waals surface area (Å²) in [6.07, 6.45) is 2.20. The monoisotopic (exact) mass is 308 g/mol. The van der Waals surface area contributed by atoms with Gasteiger partial charge in [-0.25, -0.2) is 4.39 Å². The summed E-state index contributed by atoms with van der Waals surface area (Å²) in [5, 5.41) is 2.89. The van der Waals surface area contributed by atoms with Gasteiger partial charge >= 0.3 is 0 Å². The molecule has 1 atom stereocenters. The smallest absolute Gasteiger partial charge is 0.234 e. The van der Waals surface area contributed by atoms with Crippen LogP contribution in [0, 0.1) is 5.82 Å². The van der Waals surface area contributed by atoms with Crippen molar-refractivity contribution in [1.29, 1.82) is 0 Å². The fourth-order valence-electron chi connectivity index (χ4n) is 2.74. The highest BCUT2D eigenvalue weighted by Gasteiger charge is 2.30. The van der Waals surface area contributed by atoms with Gasteiger partial charge in [-0.1, -0.05) is 12.1 Å². The van der Waals surface area contributed by atoms with Crippen molar-refractivity contribution in [1.82, 2.24) is 10.2 Å². The summed E-state index contributed by atoms with van der Waals surface area (Å²) in [5.74, 6) is -0.0786. The number of para-hydroxylation sites is 1. The van der Waals surface area contributed by atoms with E-state index in [0.717, 1.165) is 19.4 Å². The van der Waals surface area contributed by atoms with Crippen LogP contribution < -0.4 is 10.1 Å². The SMILES string of the molecule is O=C(CN1CC(Oc2ccccc2F)C1)NC[C@H]1CCCO1. The van der Waals surface area contributed by atoms with Crippen LogP contribution in [0.15, 0.2) is 24.3 Å². The molecule has 0 aromatic heterocycles. The zero-order valence-corrected chi connectivity index (χ0v) is 12.5. The standard InChI is InChI=1S/C16H21FN2O3/c17-14-5-1-2-6-15(14)22-13-9-19(10-13)11-16(20)18-8-12-4-3-7-21-12/h1-2,5-6,12-13H,3-4,7-11H2,(H,18,20)/t12-/m1/s1. The third-order valence-electron chi connectivity index (χ3n) is 3.97. The molecule has 2 saturated heterocycles. The first-order chi connectivity index (χ1) is 10.7. The molecule has 0 spiro atoms. The molecule has 0 radical (unpaired) electrons. The Balaban J connectivity index is 1.33. The number of likely N-dealkylation sites (tertiary alicyclic amines) is 1. The molecular formula is C16H21FN2O3. The van der Waals surface area contributed by atoms with E-state index in [-0.39, 0.29) is 29.7 Å². The second kappa shape index (κ2) is 7.07. The van der Waals surface area contributed by atoms with Gasteiger partial charge in [0.1, 0.15) is 6.10 Å². The third-order valence-corrected chi connectivity index (χ3v) is 3.97. The summed E-state index contributed by atoms with van der Waals surface area (Å²) in [5.41, 5.74) is 0. The van der Waals surface area contributed by atoms with E-state index >= 15 is 0 Å². The van der Waals surface area contributed by atoms with Gasteiger partial charge in [0.05, 0.1) is 12.6 Å². The van der Waals surface area contributed by atoms with Gasteiger partial charge in [-0.15, -0.1) is 0 Å². The highest BCUT2D eigenvalue weighted by molar-refractivity contribution is 5.78. The quantitative estimate of drug-likeness (QED) is 0.857. The maximum Gasteiger partial charge on any atom is 0.234 e. The molecule has 0 unspecified atom stereocenters. The van der Waals surface area contributed by atoms with Crippen LogP contribution in [0.5, 0.6) is 5.75 Å². The Morgan fingerprint density at radius 1 is 1.41 bits per heavy atom. The number of nitrogens with zero attached hydrogens (tertiary/aromatic N) is 1. The van der Waals surface area contributed by atoms with Crippen LogP contribution >= 0.6 is 0 Å². The summed E-state index contributed by atoms with van der Waals surface area (Å²) < 4.78 is 24.5. The fraction of sp³-hybridized carbons (Fsp3) is 0.562. The van der Waals surface area contributed by atoms with Crippen LogP contribution in [0.3, 0.4) is 0 Å². The second-order valence-electron chi connectivity index (χ2n) is 5.80. The van der Waals surface area contributed by atoms with Gasteiger partial charge in [0.15, 0.2) is 11.6 Å². The average Bonchev–Trinajstić information content (AvgIpc) is 2.98. The number of ether oxygens (including phenoxy) is 2.